The van der Waals surface area contributed by atoms with Crippen LogP contribution < -0.4 is 4.90 Å². The number of nitrogens with zero attached hydrogens (tertiary/aromatic N) is 3. The van der Waals surface area contributed by atoms with Crippen molar-refractivity contribution in [1.82, 2.24) is 9.97 Å². The van der Waals surface area contributed by atoms with E-state index in [2.05, 4.69) is 25.9 Å². The largest absolute Gasteiger partial charge is 0.340 e. The average molecular weight is 306 g/mol. The Balaban J connectivity index is 2.14. The molecule has 0 N–H and O–H groups in total. The Kier molecular flexibility index (Phi) is 3.16. The number of sulfone groups is 1. The summed E-state index contributed by atoms with van der Waals surface area (Å²) in [5.74, 6) is 1.02. The minimum absolute atomic E-state index is 0.00817. The van der Waals surface area contributed by atoms with Crippen LogP contribution in [0, 0.1) is 0 Å². The SMILES string of the molecule is CN(c1ncc(Br)cn1)C1CCS(=O)(=O)C1. The first kappa shape index (κ1) is 11.8. The molecule has 88 valence electrons. The van der Waals surface area contributed by atoms with Crippen molar-refractivity contribution in [3.8, 4) is 0 Å². The van der Waals surface area contributed by atoms with Crippen LogP contribution in [0.15, 0.2) is 16.9 Å². The van der Waals surface area contributed by atoms with E-state index in [1.807, 2.05) is 11.9 Å². The highest BCUT2D eigenvalue weighted by Crippen LogP contribution is 2.20. The number of hydrogen-bond donors (Lipinski definition) is 0. The Labute approximate surface area is 103 Å². The maximum absolute atomic E-state index is 11.4. The summed E-state index contributed by atoms with van der Waals surface area (Å²) < 4.78 is 23.5. The first-order valence-corrected chi connectivity index (χ1v) is 7.50. The average Bonchev–Trinajstić information content (AvgIpc) is 2.59. The quantitative estimate of drug-likeness (QED) is 0.811. The topological polar surface area (TPSA) is 63.2 Å². The van der Waals surface area contributed by atoms with E-state index in [1.165, 1.54) is 0 Å². The number of halogens is 1. The van der Waals surface area contributed by atoms with Gasteiger partial charge in [0, 0.05) is 25.5 Å². The van der Waals surface area contributed by atoms with E-state index in [0.29, 0.717) is 12.4 Å². The lowest BCUT2D eigenvalue weighted by molar-refractivity contribution is 0.600. The smallest absolute Gasteiger partial charge is 0.225 e. The molecule has 2 heterocycles. The predicted octanol–water partition coefficient (Wildman–Crippen LogP) is 0.862. The zero-order valence-electron chi connectivity index (χ0n) is 8.80. The highest BCUT2D eigenvalue weighted by molar-refractivity contribution is 9.10. The Hall–Kier alpha value is -0.690. The van der Waals surface area contributed by atoms with Gasteiger partial charge in [0.1, 0.15) is 0 Å². The van der Waals surface area contributed by atoms with Crippen LogP contribution in [0.25, 0.3) is 0 Å². The van der Waals surface area contributed by atoms with Crippen molar-refractivity contribution in [2.45, 2.75) is 12.5 Å². The summed E-state index contributed by atoms with van der Waals surface area (Å²) in [7, 11) is -1.04. The molecule has 1 aromatic heterocycles. The molecule has 1 saturated heterocycles. The Morgan fingerprint density at radius 2 is 2.06 bits per heavy atom. The summed E-state index contributed by atoms with van der Waals surface area (Å²) in [6.07, 6.45) is 3.96. The van der Waals surface area contributed by atoms with E-state index in [-0.39, 0.29) is 17.5 Å². The predicted molar refractivity (Wildman–Crippen MR) is 65.2 cm³/mol. The molecule has 0 bridgehead atoms. The van der Waals surface area contributed by atoms with Crippen molar-refractivity contribution in [3.63, 3.8) is 0 Å². The molecule has 0 aromatic carbocycles. The van der Waals surface area contributed by atoms with Crippen LogP contribution in [0.2, 0.25) is 0 Å². The molecule has 1 aromatic rings. The zero-order valence-corrected chi connectivity index (χ0v) is 11.2. The lowest BCUT2D eigenvalue weighted by atomic mass is 10.2. The molecule has 16 heavy (non-hydrogen) atoms. The van der Waals surface area contributed by atoms with Crippen LogP contribution in [0.1, 0.15) is 6.42 Å². The molecule has 1 fully saturated rings. The van der Waals surface area contributed by atoms with E-state index in [4.69, 9.17) is 0 Å². The summed E-state index contributed by atoms with van der Waals surface area (Å²) in [6, 6.07) is -0.00817. The molecular formula is C9H12BrN3O2S. The van der Waals surface area contributed by atoms with Gasteiger partial charge < -0.3 is 4.90 Å². The van der Waals surface area contributed by atoms with Gasteiger partial charge in [-0.15, -0.1) is 0 Å². The first-order valence-electron chi connectivity index (χ1n) is 4.89. The maximum Gasteiger partial charge on any atom is 0.225 e. The van der Waals surface area contributed by atoms with Gasteiger partial charge in [0.2, 0.25) is 5.95 Å². The number of anilines is 1. The van der Waals surface area contributed by atoms with Gasteiger partial charge >= 0.3 is 0 Å². The monoisotopic (exact) mass is 305 g/mol. The van der Waals surface area contributed by atoms with Crippen molar-refractivity contribution in [2.24, 2.45) is 0 Å². The third kappa shape index (κ3) is 2.52. The fourth-order valence-electron chi connectivity index (χ4n) is 1.73. The highest BCUT2D eigenvalue weighted by Gasteiger charge is 2.31. The lowest BCUT2D eigenvalue weighted by Crippen LogP contribution is -2.33. The van der Waals surface area contributed by atoms with Gasteiger partial charge in [0.15, 0.2) is 9.84 Å². The molecule has 0 saturated carbocycles. The molecule has 0 amide bonds. The van der Waals surface area contributed by atoms with Gasteiger partial charge in [0.05, 0.1) is 16.0 Å². The number of aromatic nitrogens is 2. The Morgan fingerprint density at radius 1 is 1.44 bits per heavy atom. The molecule has 0 spiro atoms. The van der Waals surface area contributed by atoms with Gasteiger partial charge in [-0.2, -0.15) is 0 Å². The summed E-state index contributed by atoms with van der Waals surface area (Å²) in [5.41, 5.74) is 0. The van der Waals surface area contributed by atoms with Crippen molar-refractivity contribution in [1.29, 1.82) is 0 Å². The van der Waals surface area contributed by atoms with Crippen LogP contribution in [-0.4, -0.2) is 43.0 Å². The second-order valence-electron chi connectivity index (χ2n) is 3.87. The molecule has 7 heteroatoms. The summed E-state index contributed by atoms with van der Waals surface area (Å²) >= 11 is 3.26. The molecule has 1 aliphatic heterocycles. The molecule has 2 rings (SSSR count). The molecule has 5 nitrogen and oxygen atoms in total. The number of rotatable bonds is 2. The third-order valence-corrected chi connectivity index (χ3v) is 4.84. The minimum atomic E-state index is -2.86. The summed E-state index contributed by atoms with van der Waals surface area (Å²) in [6.45, 7) is 0. The number of hydrogen-bond acceptors (Lipinski definition) is 5. The fourth-order valence-corrected chi connectivity index (χ4v) is 3.71. The normalized spacial score (nSPS) is 23.2. The highest BCUT2D eigenvalue weighted by atomic mass is 79.9. The van der Waals surface area contributed by atoms with Crippen LogP contribution in [0.4, 0.5) is 5.95 Å². The van der Waals surface area contributed by atoms with E-state index < -0.39 is 9.84 Å². The van der Waals surface area contributed by atoms with Crippen molar-refractivity contribution in [3.05, 3.63) is 16.9 Å². The van der Waals surface area contributed by atoms with E-state index >= 15 is 0 Å². The van der Waals surface area contributed by atoms with Crippen molar-refractivity contribution >= 4 is 31.7 Å². The molecular weight excluding hydrogens is 294 g/mol. The Morgan fingerprint density at radius 3 is 2.56 bits per heavy atom. The second kappa shape index (κ2) is 4.29. The third-order valence-electron chi connectivity index (χ3n) is 2.68. The van der Waals surface area contributed by atoms with Gasteiger partial charge in [-0.05, 0) is 22.4 Å². The zero-order chi connectivity index (χ0) is 11.8. The van der Waals surface area contributed by atoms with Gasteiger partial charge in [-0.1, -0.05) is 0 Å². The van der Waals surface area contributed by atoms with Gasteiger partial charge in [0.25, 0.3) is 0 Å². The molecule has 0 radical (unpaired) electrons. The van der Waals surface area contributed by atoms with E-state index in [1.54, 1.807) is 12.4 Å². The van der Waals surface area contributed by atoms with Crippen molar-refractivity contribution < 1.29 is 8.42 Å². The Bertz CT molecular complexity index is 474. The minimum Gasteiger partial charge on any atom is -0.340 e. The summed E-state index contributed by atoms with van der Waals surface area (Å²) in [5, 5.41) is 0. The van der Waals surface area contributed by atoms with Crippen LogP contribution in [-0.2, 0) is 9.84 Å². The van der Waals surface area contributed by atoms with Crippen LogP contribution in [0.5, 0.6) is 0 Å². The van der Waals surface area contributed by atoms with Crippen molar-refractivity contribution in [2.75, 3.05) is 23.5 Å². The molecule has 1 atom stereocenters. The maximum atomic E-state index is 11.4. The lowest BCUT2D eigenvalue weighted by Gasteiger charge is -2.22. The van der Waals surface area contributed by atoms with Gasteiger partial charge in [-0.25, -0.2) is 18.4 Å². The standard InChI is InChI=1S/C9H12BrN3O2S/c1-13(8-2-3-16(14,15)6-8)9-11-4-7(10)5-12-9/h4-5,8H,2-3,6H2,1H3. The van der Waals surface area contributed by atoms with Crippen LogP contribution in [0.3, 0.4) is 0 Å². The van der Waals surface area contributed by atoms with Crippen LogP contribution >= 0.6 is 15.9 Å². The summed E-state index contributed by atoms with van der Waals surface area (Å²) in [4.78, 5) is 10.1. The molecule has 1 aliphatic rings. The van der Waals surface area contributed by atoms with Gasteiger partial charge in [-0.3, -0.25) is 0 Å². The van der Waals surface area contributed by atoms with E-state index in [9.17, 15) is 8.42 Å². The fraction of sp³-hybridized carbons (Fsp3) is 0.556. The van der Waals surface area contributed by atoms with E-state index in [0.717, 1.165) is 4.47 Å². The molecule has 0 aliphatic carbocycles. The first-order chi connectivity index (χ1) is 7.48. The molecule has 1 unspecified atom stereocenters. The second-order valence-corrected chi connectivity index (χ2v) is 7.01.